The summed E-state index contributed by atoms with van der Waals surface area (Å²) in [5, 5.41) is 3.46. The second-order valence-electron chi connectivity index (χ2n) is 5.05. The van der Waals surface area contributed by atoms with Gasteiger partial charge in [-0.3, -0.25) is 0 Å². The first-order valence-corrected chi connectivity index (χ1v) is 7.91. The fraction of sp³-hybridized carbons (Fsp3) is 0.625. The van der Waals surface area contributed by atoms with E-state index < -0.39 is 0 Å². The number of rotatable bonds is 8. The van der Waals surface area contributed by atoms with Gasteiger partial charge in [-0.2, -0.15) is 0 Å². The average Bonchev–Trinajstić information content (AvgIpc) is 2.37. The number of halogens is 1. The van der Waals surface area contributed by atoms with Crippen molar-refractivity contribution in [3.05, 3.63) is 33.8 Å². The lowest BCUT2D eigenvalue weighted by atomic mass is 9.96. The molecule has 0 aromatic heterocycles. The number of nitrogens with one attached hydrogen (secondary N) is 1. The van der Waals surface area contributed by atoms with E-state index in [4.69, 9.17) is 0 Å². The van der Waals surface area contributed by atoms with Crippen LogP contribution in [-0.4, -0.2) is 7.05 Å². The molecule has 2 heteroatoms. The normalized spacial score (nSPS) is 12.7. The van der Waals surface area contributed by atoms with Gasteiger partial charge in [0.2, 0.25) is 0 Å². The molecule has 0 heterocycles. The SMILES string of the molecule is CCCCCCCC(NC)c1cc(Br)ccc1C. The Morgan fingerprint density at radius 3 is 2.56 bits per heavy atom. The molecule has 0 radical (unpaired) electrons. The Morgan fingerprint density at radius 1 is 1.17 bits per heavy atom. The molecule has 102 valence electrons. The van der Waals surface area contributed by atoms with Gasteiger partial charge in [0.1, 0.15) is 0 Å². The molecular weight excluding hydrogens is 286 g/mol. The van der Waals surface area contributed by atoms with Crippen LogP contribution in [0.5, 0.6) is 0 Å². The molecule has 0 saturated heterocycles. The van der Waals surface area contributed by atoms with E-state index in [1.165, 1.54) is 54.1 Å². The van der Waals surface area contributed by atoms with Crippen LogP contribution in [0, 0.1) is 6.92 Å². The molecule has 1 rings (SSSR count). The molecule has 1 N–H and O–H groups in total. The van der Waals surface area contributed by atoms with Crippen LogP contribution in [0.3, 0.4) is 0 Å². The van der Waals surface area contributed by atoms with Crippen LogP contribution < -0.4 is 5.32 Å². The minimum absolute atomic E-state index is 0.490. The van der Waals surface area contributed by atoms with Crippen LogP contribution >= 0.6 is 15.9 Å². The number of benzene rings is 1. The first-order valence-electron chi connectivity index (χ1n) is 7.12. The van der Waals surface area contributed by atoms with Crippen molar-refractivity contribution in [1.29, 1.82) is 0 Å². The van der Waals surface area contributed by atoms with Gasteiger partial charge in [0, 0.05) is 10.5 Å². The first kappa shape index (κ1) is 15.7. The molecule has 1 atom stereocenters. The Morgan fingerprint density at radius 2 is 1.89 bits per heavy atom. The summed E-state index contributed by atoms with van der Waals surface area (Å²) in [7, 11) is 2.07. The minimum atomic E-state index is 0.490. The van der Waals surface area contributed by atoms with E-state index in [2.05, 4.69) is 60.3 Å². The highest BCUT2D eigenvalue weighted by Gasteiger charge is 2.11. The summed E-state index contributed by atoms with van der Waals surface area (Å²) in [5.41, 5.74) is 2.81. The van der Waals surface area contributed by atoms with Crippen LogP contribution in [0.25, 0.3) is 0 Å². The second-order valence-corrected chi connectivity index (χ2v) is 5.96. The summed E-state index contributed by atoms with van der Waals surface area (Å²) < 4.78 is 1.18. The summed E-state index contributed by atoms with van der Waals surface area (Å²) in [5.74, 6) is 0. The molecule has 0 aliphatic rings. The lowest BCUT2D eigenvalue weighted by molar-refractivity contribution is 0.499. The maximum Gasteiger partial charge on any atom is 0.0320 e. The lowest BCUT2D eigenvalue weighted by Gasteiger charge is -2.19. The van der Waals surface area contributed by atoms with Crippen LogP contribution in [0.15, 0.2) is 22.7 Å². The molecule has 18 heavy (non-hydrogen) atoms. The van der Waals surface area contributed by atoms with Crippen LogP contribution in [0.4, 0.5) is 0 Å². The summed E-state index contributed by atoms with van der Waals surface area (Å²) in [4.78, 5) is 0. The van der Waals surface area contributed by atoms with E-state index in [0.717, 1.165) is 0 Å². The van der Waals surface area contributed by atoms with Crippen LogP contribution in [-0.2, 0) is 0 Å². The van der Waals surface area contributed by atoms with Gasteiger partial charge in [-0.1, -0.05) is 61.0 Å². The van der Waals surface area contributed by atoms with Gasteiger partial charge >= 0.3 is 0 Å². The maximum absolute atomic E-state index is 3.57. The van der Waals surface area contributed by atoms with Gasteiger partial charge in [0.25, 0.3) is 0 Å². The highest BCUT2D eigenvalue weighted by atomic mass is 79.9. The standard InChI is InChI=1S/C16H26BrN/c1-4-5-6-7-8-9-16(18-3)15-12-14(17)11-10-13(15)2/h10-12,16,18H,4-9H2,1-3H3. The predicted octanol–water partition coefficient (Wildman–Crippen LogP) is 5.38. The van der Waals surface area contributed by atoms with E-state index in [1.807, 2.05) is 0 Å². The fourth-order valence-corrected chi connectivity index (χ4v) is 2.77. The summed E-state index contributed by atoms with van der Waals surface area (Å²) in [6.45, 7) is 4.46. The van der Waals surface area contributed by atoms with Gasteiger partial charge in [0.15, 0.2) is 0 Å². The molecule has 0 fully saturated rings. The number of hydrogen-bond acceptors (Lipinski definition) is 1. The Kier molecular flexibility index (Phi) is 7.60. The summed E-state index contributed by atoms with van der Waals surface area (Å²) >= 11 is 3.57. The third-order valence-electron chi connectivity index (χ3n) is 3.56. The third kappa shape index (κ3) is 5.11. The zero-order valence-corrected chi connectivity index (χ0v) is 13.5. The Hall–Kier alpha value is -0.340. The van der Waals surface area contributed by atoms with Crippen molar-refractivity contribution in [3.8, 4) is 0 Å². The fourth-order valence-electron chi connectivity index (χ4n) is 2.39. The third-order valence-corrected chi connectivity index (χ3v) is 4.05. The molecule has 0 bridgehead atoms. The number of hydrogen-bond donors (Lipinski definition) is 1. The van der Waals surface area contributed by atoms with E-state index in [9.17, 15) is 0 Å². The van der Waals surface area contributed by atoms with Crippen molar-refractivity contribution in [2.45, 2.75) is 58.4 Å². The number of aryl methyl sites for hydroxylation is 1. The Balaban J connectivity index is 2.52. The van der Waals surface area contributed by atoms with Crippen molar-refractivity contribution in [3.63, 3.8) is 0 Å². The topological polar surface area (TPSA) is 12.0 Å². The van der Waals surface area contributed by atoms with Gasteiger partial charge in [-0.05, 0) is 43.7 Å². The monoisotopic (exact) mass is 311 g/mol. The summed E-state index contributed by atoms with van der Waals surface area (Å²) in [6.07, 6.45) is 7.98. The molecule has 1 aromatic rings. The van der Waals surface area contributed by atoms with Crippen molar-refractivity contribution in [2.24, 2.45) is 0 Å². The molecule has 0 amide bonds. The highest BCUT2D eigenvalue weighted by molar-refractivity contribution is 9.10. The zero-order valence-electron chi connectivity index (χ0n) is 11.9. The maximum atomic E-state index is 3.57. The highest BCUT2D eigenvalue weighted by Crippen LogP contribution is 2.26. The Labute approximate surface area is 120 Å². The van der Waals surface area contributed by atoms with E-state index in [-0.39, 0.29) is 0 Å². The zero-order chi connectivity index (χ0) is 13.4. The largest absolute Gasteiger partial charge is 0.313 e. The molecular formula is C16H26BrN. The number of unbranched alkanes of at least 4 members (excludes halogenated alkanes) is 4. The quantitative estimate of drug-likeness (QED) is 0.636. The average molecular weight is 312 g/mol. The molecule has 0 spiro atoms. The van der Waals surface area contributed by atoms with Crippen molar-refractivity contribution < 1.29 is 0 Å². The van der Waals surface area contributed by atoms with Crippen molar-refractivity contribution in [1.82, 2.24) is 5.32 Å². The minimum Gasteiger partial charge on any atom is -0.313 e. The predicted molar refractivity (Wildman–Crippen MR) is 84.1 cm³/mol. The molecule has 1 unspecified atom stereocenters. The van der Waals surface area contributed by atoms with Crippen molar-refractivity contribution in [2.75, 3.05) is 7.05 Å². The van der Waals surface area contributed by atoms with Crippen LogP contribution in [0.1, 0.15) is 62.6 Å². The van der Waals surface area contributed by atoms with E-state index >= 15 is 0 Å². The lowest BCUT2D eigenvalue weighted by Crippen LogP contribution is -2.17. The van der Waals surface area contributed by atoms with Gasteiger partial charge in [-0.15, -0.1) is 0 Å². The van der Waals surface area contributed by atoms with E-state index in [0.29, 0.717) is 6.04 Å². The molecule has 1 nitrogen and oxygen atoms in total. The molecule has 0 aliphatic heterocycles. The molecule has 0 saturated carbocycles. The molecule has 1 aromatic carbocycles. The van der Waals surface area contributed by atoms with Crippen molar-refractivity contribution >= 4 is 15.9 Å². The van der Waals surface area contributed by atoms with Gasteiger partial charge < -0.3 is 5.32 Å². The Bertz CT molecular complexity index is 349. The smallest absolute Gasteiger partial charge is 0.0320 e. The van der Waals surface area contributed by atoms with Gasteiger partial charge in [-0.25, -0.2) is 0 Å². The first-order chi connectivity index (χ1) is 8.69. The summed E-state index contributed by atoms with van der Waals surface area (Å²) in [6, 6.07) is 7.06. The van der Waals surface area contributed by atoms with Crippen LogP contribution in [0.2, 0.25) is 0 Å². The molecule has 0 aliphatic carbocycles. The van der Waals surface area contributed by atoms with E-state index in [1.54, 1.807) is 0 Å². The van der Waals surface area contributed by atoms with Gasteiger partial charge in [0.05, 0.1) is 0 Å². The second kappa shape index (κ2) is 8.71.